The first kappa shape index (κ1) is 14.6. The monoisotopic (exact) mass is 287 g/mol. The Morgan fingerprint density at radius 2 is 2.00 bits per heavy atom. The molecule has 1 saturated heterocycles. The minimum absolute atomic E-state index is 0.163. The van der Waals surface area contributed by atoms with Crippen molar-refractivity contribution in [2.45, 2.75) is 25.9 Å². The highest BCUT2D eigenvalue weighted by Gasteiger charge is 2.27. The summed E-state index contributed by atoms with van der Waals surface area (Å²) in [6.07, 6.45) is 2.11. The largest absolute Gasteiger partial charge is 0.379 e. The number of aromatic amines is 1. The Bertz CT molecular complexity index is 584. The van der Waals surface area contributed by atoms with Gasteiger partial charge in [-0.15, -0.1) is 0 Å². The van der Waals surface area contributed by atoms with Crippen LogP contribution in [0.5, 0.6) is 0 Å². The van der Waals surface area contributed by atoms with Crippen LogP contribution in [0.2, 0.25) is 0 Å². The minimum atomic E-state index is 0.163. The van der Waals surface area contributed by atoms with E-state index < -0.39 is 0 Å². The zero-order valence-corrected chi connectivity index (χ0v) is 13.0. The Balaban J connectivity index is 1.57. The van der Waals surface area contributed by atoms with Crippen molar-refractivity contribution < 1.29 is 4.74 Å². The molecule has 0 saturated carbocycles. The van der Waals surface area contributed by atoms with Gasteiger partial charge in [-0.1, -0.05) is 18.2 Å². The first-order valence-electron chi connectivity index (χ1n) is 7.75. The quantitative estimate of drug-likeness (QED) is 0.887. The van der Waals surface area contributed by atoms with Crippen molar-refractivity contribution in [3.05, 3.63) is 36.0 Å². The number of ether oxygens (including phenoxy) is 1. The summed E-state index contributed by atoms with van der Waals surface area (Å²) < 4.78 is 5.44. The van der Waals surface area contributed by atoms with Crippen LogP contribution >= 0.6 is 0 Å². The van der Waals surface area contributed by atoms with E-state index in [1.54, 1.807) is 0 Å². The van der Waals surface area contributed by atoms with Gasteiger partial charge in [0.15, 0.2) is 0 Å². The Labute approximate surface area is 126 Å². The molecule has 4 nitrogen and oxygen atoms in total. The second-order valence-corrected chi connectivity index (χ2v) is 6.37. The third-order valence-electron chi connectivity index (χ3n) is 4.42. The second kappa shape index (κ2) is 6.18. The van der Waals surface area contributed by atoms with E-state index in [9.17, 15) is 0 Å². The van der Waals surface area contributed by atoms with Gasteiger partial charge in [0.25, 0.3) is 0 Å². The van der Waals surface area contributed by atoms with Crippen molar-refractivity contribution in [2.75, 3.05) is 32.8 Å². The molecule has 0 aliphatic carbocycles. The van der Waals surface area contributed by atoms with Crippen molar-refractivity contribution in [1.29, 1.82) is 0 Å². The van der Waals surface area contributed by atoms with Crippen LogP contribution in [0.25, 0.3) is 10.9 Å². The van der Waals surface area contributed by atoms with Crippen LogP contribution in [-0.2, 0) is 11.3 Å². The number of para-hydroxylation sites is 1. The Morgan fingerprint density at radius 1 is 1.24 bits per heavy atom. The molecule has 1 aliphatic rings. The summed E-state index contributed by atoms with van der Waals surface area (Å²) in [6.45, 7) is 10.3. The molecule has 1 aliphatic heterocycles. The van der Waals surface area contributed by atoms with Crippen LogP contribution in [0.3, 0.4) is 0 Å². The van der Waals surface area contributed by atoms with E-state index >= 15 is 0 Å². The molecule has 4 heteroatoms. The Morgan fingerprint density at radius 3 is 2.81 bits per heavy atom. The zero-order valence-electron chi connectivity index (χ0n) is 13.0. The van der Waals surface area contributed by atoms with E-state index in [0.717, 1.165) is 39.4 Å². The smallest absolute Gasteiger partial charge is 0.0594 e. The summed E-state index contributed by atoms with van der Waals surface area (Å²) in [5.41, 5.74) is 2.71. The summed E-state index contributed by atoms with van der Waals surface area (Å²) in [5, 5.41) is 4.93. The van der Waals surface area contributed by atoms with Crippen LogP contribution in [0.4, 0.5) is 0 Å². The number of hydrogen-bond donors (Lipinski definition) is 2. The van der Waals surface area contributed by atoms with Gasteiger partial charge < -0.3 is 15.0 Å². The van der Waals surface area contributed by atoms with Crippen molar-refractivity contribution in [3.63, 3.8) is 0 Å². The summed E-state index contributed by atoms with van der Waals surface area (Å²) >= 11 is 0. The number of hydrogen-bond acceptors (Lipinski definition) is 3. The molecule has 0 spiro atoms. The van der Waals surface area contributed by atoms with E-state index in [2.05, 4.69) is 59.5 Å². The number of benzene rings is 1. The van der Waals surface area contributed by atoms with Crippen LogP contribution in [0.1, 0.15) is 19.4 Å². The van der Waals surface area contributed by atoms with Gasteiger partial charge in [-0.3, -0.25) is 4.90 Å². The van der Waals surface area contributed by atoms with Gasteiger partial charge in [-0.25, -0.2) is 0 Å². The fourth-order valence-corrected chi connectivity index (χ4v) is 3.06. The molecular weight excluding hydrogens is 262 g/mol. The first-order valence-corrected chi connectivity index (χ1v) is 7.75. The number of rotatable bonds is 5. The van der Waals surface area contributed by atoms with Crippen LogP contribution in [0, 0.1) is 0 Å². The van der Waals surface area contributed by atoms with Gasteiger partial charge in [0, 0.05) is 48.8 Å². The van der Waals surface area contributed by atoms with Crippen molar-refractivity contribution >= 4 is 10.9 Å². The number of nitrogens with zero attached hydrogens (tertiary/aromatic N) is 1. The van der Waals surface area contributed by atoms with Gasteiger partial charge in [0.1, 0.15) is 0 Å². The Kier molecular flexibility index (Phi) is 4.29. The highest BCUT2D eigenvalue weighted by molar-refractivity contribution is 5.82. The van der Waals surface area contributed by atoms with E-state index in [-0.39, 0.29) is 5.54 Å². The molecule has 1 fully saturated rings. The van der Waals surface area contributed by atoms with Gasteiger partial charge in [0.2, 0.25) is 0 Å². The zero-order chi connectivity index (χ0) is 14.7. The van der Waals surface area contributed by atoms with Gasteiger partial charge in [-0.2, -0.15) is 0 Å². The number of H-pyrrole nitrogens is 1. The lowest BCUT2D eigenvalue weighted by Crippen LogP contribution is -2.54. The average molecular weight is 287 g/mol. The van der Waals surface area contributed by atoms with Crippen LogP contribution in [-0.4, -0.2) is 48.3 Å². The third-order valence-corrected chi connectivity index (χ3v) is 4.42. The van der Waals surface area contributed by atoms with Gasteiger partial charge in [-0.05, 0) is 25.5 Å². The van der Waals surface area contributed by atoms with E-state index in [0.29, 0.717) is 0 Å². The summed E-state index contributed by atoms with van der Waals surface area (Å²) in [6, 6.07) is 8.46. The summed E-state index contributed by atoms with van der Waals surface area (Å²) in [5.74, 6) is 0. The lowest BCUT2D eigenvalue weighted by atomic mass is 10.0. The normalized spacial score (nSPS) is 17.4. The summed E-state index contributed by atoms with van der Waals surface area (Å²) in [7, 11) is 0. The van der Waals surface area contributed by atoms with Crippen molar-refractivity contribution in [3.8, 4) is 0 Å². The molecule has 0 unspecified atom stereocenters. The van der Waals surface area contributed by atoms with E-state index in [1.807, 2.05) is 0 Å². The van der Waals surface area contributed by atoms with Crippen LogP contribution < -0.4 is 5.32 Å². The molecule has 0 amide bonds. The molecule has 1 aromatic carbocycles. The molecule has 0 atom stereocenters. The molecule has 1 aromatic heterocycles. The van der Waals surface area contributed by atoms with Gasteiger partial charge >= 0.3 is 0 Å². The highest BCUT2D eigenvalue weighted by atomic mass is 16.5. The lowest BCUT2D eigenvalue weighted by molar-refractivity contribution is -0.00966. The molecule has 0 radical (unpaired) electrons. The fraction of sp³-hybridized carbons (Fsp3) is 0.529. The highest BCUT2D eigenvalue weighted by Crippen LogP contribution is 2.18. The van der Waals surface area contributed by atoms with Crippen molar-refractivity contribution in [1.82, 2.24) is 15.2 Å². The maximum Gasteiger partial charge on any atom is 0.0594 e. The molecule has 3 rings (SSSR count). The minimum Gasteiger partial charge on any atom is -0.379 e. The second-order valence-electron chi connectivity index (χ2n) is 6.37. The molecule has 2 N–H and O–H groups in total. The topological polar surface area (TPSA) is 40.3 Å². The number of aromatic nitrogens is 1. The number of nitrogens with one attached hydrogen (secondary N) is 2. The maximum absolute atomic E-state index is 5.44. The van der Waals surface area contributed by atoms with E-state index in [1.165, 1.54) is 16.5 Å². The molecule has 2 aromatic rings. The van der Waals surface area contributed by atoms with Crippen molar-refractivity contribution in [2.24, 2.45) is 0 Å². The lowest BCUT2D eigenvalue weighted by Gasteiger charge is -2.41. The maximum atomic E-state index is 5.44. The van der Waals surface area contributed by atoms with Gasteiger partial charge in [0.05, 0.1) is 13.2 Å². The summed E-state index contributed by atoms with van der Waals surface area (Å²) in [4.78, 5) is 5.84. The Hall–Kier alpha value is -1.36. The molecule has 21 heavy (non-hydrogen) atoms. The number of morpholine rings is 1. The molecule has 114 valence electrons. The SMILES string of the molecule is CC(C)(CNCc1c[nH]c2ccccc12)N1CCOCC1. The van der Waals surface area contributed by atoms with E-state index in [4.69, 9.17) is 4.74 Å². The molecule has 0 bridgehead atoms. The molecular formula is C17H25N3O. The predicted molar refractivity (Wildman–Crippen MR) is 86.5 cm³/mol. The number of fused-ring (bicyclic) bond motifs is 1. The first-order chi connectivity index (χ1) is 10.2. The third kappa shape index (κ3) is 3.28. The van der Waals surface area contributed by atoms with Crippen LogP contribution in [0.15, 0.2) is 30.5 Å². The fourth-order valence-electron chi connectivity index (χ4n) is 3.06. The molecule has 2 heterocycles. The average Bonchev–Trinajstić information content (AvgIpc) is 2.92. The standard InChI is InChI=1S/C17H25N3O/c1-17(2,20-7-9-21-10-8-20)13-18-11-14-12-19-16-6-4-3-5-15(14)16/h3-6,12,18-19H,7-11,13H2,1-2H3. The predicted octanol–water partition coefficient (Wildman–Crippen LogP) is 2.37.